The molecule has 0 amide bonds. The fourth-order valence-corrected chi connectivity index (χ4v) is 4.99. The smallest absolute Gasteiger partial charge is 0.320 e. The normalized spacial score (nSPS) is 15.2. The third-order valence-electron chi connectivity index (χ3n) is 4.73. The highest BCUT2D eigenvalue weighted by Crippen LogP contribution is 2.29. The summed E-state index contributed by atoms with van der Waals surface area (Å²) in [7, 11) is -1.57. The molecule has 0 aromatic carbocycles. The third-order valence-corrected chi connectivity index (χ3v) is 6.52. The van der Waals surface area contributed by atoms with Gasteiger partial charge in [0.1, 0.15) is 0 Å². The van der Waals surface area contributed by atoms with E-state index in [1.165, 1.54) is 0 Å². The van der Waals surface area contributed by atoms with E-state index in [1.807, 2.05) is 16.5 Å². The van der Waals surface area contributed by atoms with Gasteiger partial charge in [0.05, 0.1) is 30.8 Å². The van der Waals surface area contributed by atoms with E-state index in [-0.39, 0.29) is 29.3 Å². The summed E-state index contributed by atoms with van der Waals surface area (Å²) in [5, 5.41) is 0.178. The Morgan fingerprint density at radius 3 is 2.69 bits per heavy atom. The predicted molar refractivity (Wildman–Crippen MR) is 99.5 cm³/mol. The van der Waals surface area contributed by atoms with E-state index in [4.69, 9.17) is 4.74 Å². The molecule has 1 aliphatic carbocycles. The van der Waals surface area contributed by atoms with Crippen LogP contribution < -0.4 is 0 Å². The quantitative estimate of drug-likeness (QED) is 0.544. The third kappa shape index (κ3) is 5.54. The molecule has 0 atom stereocenters. The molecule has 0 saturated heterocycles. The minimum atomic E-state index is -3.39. The molecule has 0 aliphatic heterocycles. The second-order valence-corrected chi connectivity index (χ2v) is 9.02. The number of aromatic nitrogens is 2. The molecule has 7 nitrogen and oxygen atoms in total. The van der Waals surface area contributed by atoms with E-state index in [0.29, 0.717) is 19.7 Å². The number of hydrogen-bond acceptors (Lipinski definition) is 6. The van der Waals surface area contributed by atoms with Gasteiger partial charge in [-0.05, 0) is 39.2 Å². The first-order chi connectivity index (χ1) is 12.4. The van der Waals surface area contributed by atoms with Crippen LogP contribution in [0.25, 0.3) is 0 Å². The Hall–Kier alpha value is -1.41. The molecule has 1 aromatic heterocycles. The maximum Gasteiger partial charge on any atom is 0.320 e. The fraction of sp³-hybridized carbons (Fsp3) is 0.778. The maximum atomic E-state index is 12.8. The summed E-state index contributed by atoms with van der Waals surface area (Å²) < 4.78 is 32.4. The molecule has 0 spiro atoms. The Morgan fingerprint density at radius 2 is 2.12 bits per heavy atom. The zero-order valence-corrected chi connectivity index (χ0v) is 16.9. The van der Waals surface area contributed by atoms with E-state index in [0.717, 1.165) is 37.8 Å². The van der Waals surface area contributed by atoms with Crippen LogP contribution in [-0.4, -0.2) is 54.8 Å². The standard InChI is InChI=1S/C18H31N3O4S/c1-4-6-10-21-16(12-20(3)13-17(22)25-5-2)11-19-18(21)26(23,24)14-15-8-7-9-15/h11,15H,4-10,12-14H2,1-3H3. The molecule has 148 valence electrons. The molecule has 0 N–H and O–H groups in total. The van der Waals surface area contributed by atoms with Gasteiger partial charge in [0.25, 0.3) is 0 Å². The summed E-state index contributed by atoms with van der Waals surface area (Å²) in [6.45, 7) is 5.44. The molecule has 1 aliphatic rings. The van der Waals surface area contributed by atoms with E-state index >= 15 is 0 Å². The number of hydrogen-bond donors (Lipinski definition) is 0. The van der Waals surface area contributed by atoms with Crippen LogP contribution in [0.4, 0.5) is 0 Å². The lowest BCUT2D eigenvalue weighted by molar-refractivity contribution is -0.144. The first-order valence-corrected chi connectivity index (χ1v) is 11.1. The van der Waals surface area contributed by atoms with E-state index in [9.17, 15) is 13.2 Å². The number of rotatable bonds is 11. The van der Waals surface area contributed by atoms with Crippen molar-refractivity contribution in [3.8, 4) is 0 Å². The molecule has 1 aromatic rings. The van der Waals surface area contributed by atoms with Gasteiger partial charge in [0, 0.05) is 13.1 Å². The van der Waals surface area contributed by atoms with E-state index in [1.54, 1.807) is 13.1 Å². The lowest BCUT2D eigenvalue weighted by Crippen LogP contribution is -2.29. The second kappa shape index (κ2) is 9.50. The summed E-state index contributed by atoms with van der Waals surface area (Å²) in [4.78, 5) is 17.7. The number of unbranched alkanes of at least 4 members (excludes halogenated alkanes) is 1. The predicted octanol–water partition coefficient (Wildman–Crippen LogP) is 2.25. The van der Waals surface area contributed by atoms with Crippen molar-refractivity contribution in [1.29, 1.82) is 0 Å². The molecule has 8 heteroatoms. The average Bonchev–Trinajstić information content (AvgIpc) is 2.92. The van der Waals surface area contributed by atoms with Gasteiger partial charge in [0.15, 0.2) is 0 Å². The number of carbonyl (C=O) groups is 1. The number of carbonyl (C=O) groups excluding carboxylic acids is 1. The molecular formula is C18H31N3O4S. The molecule has 2 rings (SSSR count). The van der Waals surface area contributed by atoms with Crippen LogP contribution in [0.1, 0.15) is 51.6 Å². The molecule has 26 heavy (non-hydrogen) atoms. The highest BCUT2D eigenvalue weighted by atomic mass is 32.2. The monoisotopic (exact) mass is 385 g/mol. The van der Waals surface area contributed by atoms with Gasteiger partial charge in [-0.1, -0.05) is 19.8 Å². The van der Waals surface area contributed by atoms with E-state index < -0.39 is 9.84 Å². The molecule has 0 radical (unpaired) electrons. The summed E-state index contributed by atoms with van der Waals surface area (Å²) in [5.41, 5.74) is 0.817. The van der Waals surface area contributed by atoms with Gasteiger partial charge < -0.3 is 9.30 Å². The minimum absolute atomic E-state index is 0.164. The summed E-state index contributed by atoms with van der Waals surface area (Å²) in [6, 6.07) is 0. The lowest BCUT2D eigenvalue weighted by atomic mass is 9.87. The fourth-order valence-electron chi connectivity index (χ4n) is 3.13. The number of sulfone groups is 1. The lowest BCUT2D eigenvalue weighted by Gasteiger charge is -2.25. The van der Waals surface area contributed by atoms with Crippen LogP contribution in [0.5, 0.6) is 0 Å². The number of likely N-dealkylation sites (N-methyl/N-ethyl adjacent to an activating group) is 1. The van der Waals surface area contributed by atoms with Crippen LogP contribution in [-0.2, 0) is 32.5 Å². The molecule has 1 saturated carbocycles. The van der Waals surface area contributed by atoms with Crippen molar-refractivity contribution in [3.63, 3.8) is 0 Å². The Bertz CT molecular complexity index is 695. The number of imidazole rings is 1. The van der Waals surface area contributed by atoms with Crippen molar-refractivity contribution in [1.82, 2.24) is 14.5 Å². The van der Waals surface area contributed by atoms with Crippen LogP contribution in [0, 0.1) is 5.92 Å². The SMILES string of the molecule is CCCCn1c(CN(C)CC(=O)OCC)cnc1S(=O)(=O)CC1CCC1. The summed E-state index contributed by atoms with van der Waals surface area (Å²) >= 11 is 0. The number of esters is 1. The number of ether oxygens (including phenoxy) is 1. The van der Waals surface area contributed by atoms with Crippen molar-refractivity contribution < 1.29 is 17.9 Å². The minimum Gasteiger partial charge on any atom is -0.465 e. The van der Waals surface area contributed by atoms with Gasteiger partial charge in [-0.3, -0.25) is 9.69 Å². The Balaban J connectivity index is 2.15. The van der Waals surface area contributed by atoms with Crippen molar-refractivity contribution in [2.24, 2.45) is 5.92 Å². The van der Waals surface area contributed by atoms with Crippen LogP contribution in [0.2, 0.25) is 0 Å². The highest BCUT2D eigenvalue weighted by molar-refractivity contribution is 7.91. The Morgan fingerprint density at radius 1 is 1.38 bits per heavy atom. The topological polar surface area (TPSA) is 81.5 Å². The molecule has 0 unspecified atom stereocenters. The van der Waals surface area contributed by atoms with E-state index in [2.05, 4.69) is 11.9 Å². The van der Waals surface area contributed by atoms with Gasteiger partial charge in [-0.25, -0.2) is 13.4 Å². The van der Waals surface area contributed by atoms with Gasteiger partial charge >= 0.3 is 5.97 Å². The van der Waals surface area contributed by atoms with Crippen molar-refractivity contribution in [2.45, 2.75) is 64.2 Å². The zero-order chi connectivity index (χ0) is 19.2. The van der Waals surface area contributed by atoms with Gasteiger partial charge in [0.2, 0.25) is 15.0 Å². The second-order valence-electron chi connectivity index (χ2n) is 7.09. The first-order valence-electron chi connectivity index (χ1n) is 9.48. The van der Waals surface area contributed by atoms with Gasteiger partial charge in [-0.2, -0.15) is 0 Å². The largest absolute Gasteiger partial charge is 0.465 e. The maximum absolute atomic E-state index is 12.8. The highest BCUT2D eigenvalue weighted by Gasteiger charge is 2.30. The Kier molecular flexibility index (Phi) is 7.64. The van der Waals surface area contributed by atoms with Crippen LogP contribution >= 0.6 is 0 Å². The zero-order valence-electron chi connectivity index (χ0n) is 16.1. The summed E-state index contributed by atoms with van der Waals surface area (Å²) in [5.74, 6) is 0.174. The van der Waals surface area contributed by atoms with Crippen LogP contribution in [0.3, 0.4) is 0 Å². The number of nitrogens with zero attached hydrogens (tertiary/aromatic N) is 3. The first kappa shape index (κ1) is 20.9. The van der Waals surface area contributed by atoms with Crippen LogP contribution in [0.15, 0.2) is 11.4 Å². The van der Waals surface area contributed by atoms with Gasteiger partial charge in [-0.15, -0.1) is 0 Å². The Labute approximate surface area is 156 Å². The van der Waals surface area contributed by atoms with Crippen molar-refractivity contribution in [2.75, 3.05) is 26.0 Å². The molecule has 1 fully saturated rings. The van der Waals surface area contributed by atoms with Crippen molar-refractivity contribution in [3.05, 3.63) is 11.9 Å². The van der Waals surface area contributed by atoms with Crippen molar-refractivity contribution >= 4 is 15.8 Å². The summed E-state index contributed by atoms with van der Waals surface area (Å²) in [6.07, 6.45) is 6.59. The molecule has 1 heterocycles. The molecular weight excluding hydrogens is 354 g/mol. The average molecular weight is 386 g/mol. The molecule has 0 bridgehead atoms.